The standard InChI is InChI=1S/C26H21BrFN3OS/c1-16-26(21-4-2-3-5-22(21)29-16)33-15-25(32)31-24(18-8-12-20(28)13-9-18)14-23(30-31)17-6-10-19(27)11-7-17/h2-13,24,29H,14-15H2,1H3. The van der Waals surface area contributed by atoms with E-state index in [0.29, 0.717) is 6.42 Å². The summed E-state index contributed by atoms with van der Waals surface area (Å²) in [6.45, 7) is 2.02. The Bertz CT molecular complexity index is 1350. The molecule has 7 heteroatoms. The highest BCUT2D eigenvalue weighted by Crippen LogP contribution is 2.36. The van der Waals surface area contributed by atoms with Gasteiger partial charge in [-0.2, -0.15) is 5.10 Å². The Labute approximate surface area is 204 Å². The summed E-state index contributed by atoms with van der Waals surface area (Å²) < 4.78 is 14.5. The number of hydrogen-bond acceptors (Lipinski definition) is 3. The number of amides is 1. The Kier molecular flexibility index (Phi) is 6.08. The van der Waals surface area contributed by atoms with Crippen LogP contribution in [0.15, 0.2) is 87.3 Å². The van der Waals surface area contributed by atoms with Gasteiger partial charge < -0.3 is 4.98 Å². The molecule has 166 valence electrons. The summed E-state index contributed by atoms with van der Waals surface area (Å²) in [4.78, 5) is 17.8. The van der Waals surface area contributed by atoms with Crippen LogP contribution in [0.25, 0.3) is 10.9 Å². The highest BCUT2D eigenvalue weighted by Gasteiger charge is 2.33. The number of benzene rings is 3. The second kappa shape index (κ2) is 9.15. The van der Waals surface area contributed by atoms with Crippen molar-refractivity contribution in [3.05, 3.63) is 99.9 Å². The fourth-order valence-corrected chi connectivity index (χ4v) is 5.40. The van der Waals surface area contributed by atoms with Crippen molar-refractivity contribution in [3.8, 4) is 0 Å². The molecule has 0 aliphatic carbocycles. The van der Waals surface area contributed by atoms with Crippen LogP contribution >= 0.6 is 27.7 Å². The second-order valence-electron chi connectivity index (χ2n) is 7.98. The van der Waals surface area contributed by atoms with Crippen molar-refractivity contribution >= 4 is 50.2 Å². The Morgan fingerprint density at radius 2 is 1.85 bits per heavy atom. The fourth-order valence-electron chi connectivity index (χ4n) is 4.14. The first-order valence-corrected chi connectivity index (χ1v) is 12.4. The highest BCUT2D eigenvalue weighted by atomic mass is 79.9. The molecule has 4 nitrogen and oxygen atoms in total. The number of nitrogens with zero attached hydrogens (tertiary/aromatic N) is 2. The number of aryl methyl sites for hydroxylation is 1. The van der Waals surface area contributed by atoms with Gasteiger partial charge in [-0.15, -0.1) is 11.8 Å². The van der Waals surface area contributed by atoms with E-state index in [0.717, 1.165) is 42.8 Å². The first-order chi connectivity index (χ1) is 16.0. The molecule has 2 heterocycles. The van der Waals surface area contributed by atoms with E-state index in [1.165, 1.54) is 23.9 Å². The lowest BCUT2D eigenvalue weighted by Gasteiger charge is -2.22. The van der Waals surface area contributed by atoms with Gasteiger partial charge >= 0.3 is 0 Å². The van der Waals surface area contributed by atoms with E-state index >= 15 is 0 Å². The van der Waals surface area contributed by atoms with Crippen molar-refractivity contribution in [1.29, 1.82) is 0 Å². The maximum atomic E-state index is 13.5. The minimum atomic E-state index is -0.297. The number of rotatable bonds is 5. The number of aromatic nitrogens is 1. The van der Waals surface area contributed by atoms with Crippen LogP contribution in [0.3, 0.4) is 0 Å². The van der Waals surface area contributed by atoms with Gasteiger partial charge in [-0.3, -0.25) is 4.79 Å². The first kappa shape index (κ1) is 21.9. The van der Waals surface area contributed by atoms with Crippen LogP contribution in [0.1, 0.15) is 29.3 Å². The molecule has 3 aromatic carbocycles. The molecule has 1 unspecified atom stereocenters. The van der Waals surface area contributed by atoms with Gasteiger partial charge in [-0.1, -0.05) is 58.4 Å². The first-order valence-electron chi connectivity index (χ1n) is 10.6. The van der Waals surface area contributed by atoms with Crippen LogP contribution in [0, 0.1) is 12.7 Å². The number of H-pyrrole nitrogens is 1. The number of thioether (sulfide) groups is 1. The lowest BCUT2D eigenvalue weighted by atomic mass is 9.98. The summed E-state index contributed by atoms with van der Waals surface area (Å²) in [5.74, 6) is -0.113. The van der Waals surface area contributed by atoms with Crippen molar-refractivity contribution in [2.75, 3.05) is 5.75 Å². The van der Waals surface area contributed by atoms with Crippen LogP contribution in [0.4, 0.5) is 4.39 Å². The van der Waals surface area contributed by atoms with Gasteiger partial charge in [0.15, 0.2) is 0 Å². The normalized spacial score (nSPS) is 15.8. The van der Waals surface area contributed by atoms with Gasteiger partial charge in [0, 0.05) is 32.4 Å². The molecule has 1 N–H and O–H groups in total. The van der Waals surface area contributed by atoms with Crippen LogP contribution in [-0.4, -0.2) is 27.4 Å². The predicted molar refractivity (Wildman–Crippen MR) is 135 cm³/mol. The summed E-state index contributed by atoms with van der Waals surface area (Å²) >= 11 is 4.98. The number of hydrazone groups is 1. The average molecular weight is 522 g/mol. The molecule has 1 aliphatic rings. The summed E-state index contributed by atoms with van der Waals surface area (Å²) in [6.07, 6.45) is 0.579. The van der Waals surface area contributed by atoms with E-state index in [1.54, 1.807) is 17.1 Å². The molecule has 1 aliphatic heterocycles. The third-order valence-corrected chi connectivity index (χ3v) is 7.51. The molecule has 4 aromatic rings. The van der Waals surface area contributed by atoms with Crippen molar-refractivity contribution < 1.29 is 9.18 Å². The van der Waals surface area contributed by atoms with Crippen LogP contribution in [0.2, 0.25) is 0 Å². The van der Waals surface area contributed by atoms with Gasteiger partial charge in [0.05, 0.1) is 17.5 Å². The molecule has 1 amide bonds. The molecule has 0 bridgehead atoms. The van der Waals surface area contributed by atoms with Crippen LogP contribution < -0.4 is 0 Å². The fraction of sp³-hybridized carbons (Fsp3) is 0.154. The molecule has 33 heavy (non-hydrogen) atoms. The van der Waals surface area contributed by atoms with E-state index in [1.807, 2.05) is 49.4 Å². The number of fused-ring (bicyclic) bond motifs is 1. The molecule has 0 fully saturated rings. The molecule has 0 saturated heterocycles. The second-order valence-corrected chi connectivity index (χ2v) is 9.88. The van der Waals surface area contributed by atoms with Gasteiger partial charge in [0.25, 0.3) is 5.91 Å². The van der Waals surface area contributed by atoms with Gasteiger partial charge in [-0.25, -0.2) is 9.40 Å². The number of hydrogen-bond donors (Lipinski definition) is 1. The Balaban J connectivity index is 1.42. The maximum absolute atomic E-state index is 13.5. The lowest BCUT2D eigenvalue weighted by molar-refractivity contribution is -0.130. The highest BCUT2D eigenvalue weighted by molar-refractivity contribution is 9.10. The van der Waals surface area contributed by atoms with Gasteiger partial charge in [-0.05, 0) is 48.4 Å². The maximum Gasteiger partial charge on any atom is 0.253 e. The number of carbonyl (C=O) groups is 1. The van der Waals surface area contributed by atoms with Gasteiger partial charge in [0.2, 0.25) is 0 Å². The Morgan fingerprint density at radius 3 is 2.61 bits per heavy atom. The molecule has 0 radical (unpaired) electrons. The third kappa shape index (κ3) is 4.48. The van der Waals surface area contributed by atoms with E-state index < -0.39 is 0 Å². The number of nitrogens with one attached hydrogen (secondary N) is 1. The number of para-hydroxylation sites is 1. The zero-order valence-corrected chi connectivity index (χ0v) is 20.3. The zero-order chi connectivity index (χ0) is 22.9. The smallest absolute Gasteiger partial charge is 0.253 e. The van der Waals surface area contributed by atoms with E-state index in [4.69, 9.17) is 5.10 Å². The third-order valence-electron chi connectivity index (χ3n) is 5.77. The van der Waals surface area contributed by atoms with Gasteiger partial charge in [0.1, 0.15) is 5.82 Å². The quantitative estimate of drug-likeness (QED) is 0.292. The predicted octanol–water partition coefficient (Wildman–Crippen LogP) is 6.85. The van der Waals surface area contributed by atoms with E-state index in [-0.39, 0.29) is 23.5 Å². The van der Waals surface area contributed by atoms with Crippen molar-refractivity contribution in [2.45, 2.75) is 24.3 Å². The molecular weight excluding hydrogens is 501 g/mol. The number of aromatic amines is 1. The zero-order valence-electron chi connectivity index (χ0n) is 17.9. The molecule has 0 saturated carbocycles. The van der Waals surface area contributed by atoms with Crippen molar-refractivity contribution in [3.63, 3.8) is 0 Å². The Hall–Kier alpha value is -2.90. The molecule has 0 spiro atoms. The summed E-state index contributed by atoms with van der Waals surface area (Å²) in [5, 5.41) is 7.41. The lowest BCUT2D eigenvalue weighted by Crippen LogP contribution is -2.28. The topological polar surface area (TPSA) is 48.5 Å². The molecule has 1 aromatic heterocycles. The monoisotopic (exact) mass is 521 g/mol. The molecule has 5 rings (SSSR count). The summed E-state index contributed by atoms with van der Waals surface area (Å²) in [5.41, 5.74) is 4.79. The van der Waals surface area contributed by atoms with Crippen LogP contribution in [0.5, 0.6) is 0 Å². The van der Waals surface area contributed by atoms with Crippen molar-refractivity contribution in [1.82, 2.24) is 9.99 Å². The number of carbonyl (C=O) groups excluding carboxylic acids is 1. The largest absolute Gasteiger partial charge is 0.358 e. The van der Waals surface area contributed by atoms with Crippen molar-refractivity contribution in [2.24, 2.45) is 5.10 Å². The molecule has 1 atom stereocenters. The number of halogens is 2. The van der Waals surface area contributed by atoms with Crippen LogP contribution in [-0.2, 0) is 4.79 Å². The van der Waals surface area contributed by atoms with E-state index in [9.17, 15) is 9.18 Å². The van der Waals surface area contributed by atoms with E-state index in [2.05, 4.69) is 27.0 Å². The minimum Gasteiger partial charge on any atom is -0.358 e. The SMILES string of the molecule is Cc1[nH]c2ccccc2c1SCC(=O)N1N=C(c2ccc(Br)cc2)CC1c1ccc(F)cc1. The minimum absolute atomic E-state index is 0.0777. The summed E-state index contributed by atoms with van der Waals surface area (Å²) in [6, 6.07) is 22.1. The Morgan fingerprint density at radius 1 is 1.12 bits per heavy atom. The molecular formula is C26H21BrFN3OS. The average Bonchev–Trinajstić information content (AvgIpc) is 3.40. The summed E-state index contributed by atoms with van der Waals surface area (Å²) in [7, 11) is 0.